The highest BCUT2D eigenvalue weighted by Gasteiger charge is 2.32. The number of likely N-dealkylation sites (tertiary alicyclic amines) is 1. The van der Waals surface area contributed by atoms with Crippen LogP contribution in [0.2, 0.25) is 0 Å². The number of hydrogen-bond acceptors (Lipinski definition) is 4. The van der Waals surface area contributed by atoms with E-state index in [1.165, 1.54) is 0 Å². The fourth-order valence-electron chi connectivity index (χ4n) is 2.72. The molecule has 5 nitrogen and oxygen atoms in total. The van der Waals surface area contributed by atoms with E-state index in [0.29, 0.717) is 18.1 Å². The van der Waals surface area contributed by atoms with Gasteiger partial charge in [0.15, 0.2) is 0 Å². The number of aliphatic hydroxyl groups excluding tert-OH is 1. The molecule has 2 aromatic rings. The summed E-state index contributed by atoms with van der Waals surface area (Å²) in [5.41, 5.74) is 1.43. The van der Waals surface area contributed by atoms with Crippen LogP contribution in [0, 0.1) is 6.92 Å². The van der Waals surface area contributed by atoms with Crippen LogP contribution < -0.4 is 0 Å². The predicted molar refractivity (Wildman–Crippen MR) is 77.8 cm³/mol. The molecule has 1 saturated heterocycles. The molecule has 1 aliphatic heterocycles. The van der Waals surface area contributed by atoms with E-state index in [-0.39, 0.29) is 24.3 Å². The zero-order valence-corrected chi connectivity index (χ0v) is 12.0. The van der Waals surface area contributed by atoms with Crippen molar-refractivity contribution in [3.05, 3.63) is 41.8 Å². The fourth-order valence-corrected chi connectivity index (χ4v) is 2.72. The van der Waals surface area contributed by atoms with Gasteiger partial charge in [-0.1, -0.05) is 18.2 Å². The molecule has 0 saturated carbocycles. The van der Waals surface area contributed by atoms with Crippen LogP contribution in [-0.4, -0.2) is 40.1 Å². The summed E-state index contributed by atoms with van der Waals surface area (Å²) in [6.45, 7) is 2.42. The smallest absolute Gasteiger partial charge is 0.291 e. The van der Waals surface area contributed by atoms with E-state index in [9.17, 15) is 9.90 Å². The van der Waals surface area contributed by atoms with Crippen molar-refractivity contribution >= 4 is 5.91 Å². The Morgan fingerprint density at radius 1 is 1.43 bits per heavy atom. The van der Waals surface area contributed by atoms with Crippen molar-refractivity contribution in [3.63, 3.8) is 0 Å². The molecule has 2 heterocycles. The van der Waals surface area contributed by atoms with Gasteiger partial charge in [-0.15, -0.1) is 0 Å². The molecule has 1 N–H and O–H groups in total. The zero-order valence-electron chi connectivity index (χ0n) is 12.0. The number of aryl methyl sites for hydroxylation is 1. The van der Waals surface area contributed by atoms with Gasteiger partial charge in [0.2, 0.25) is 11.7 Å². The Balaban J connectivity index is 1.89. The molecule has 0 aliphatic carbocycles. The number of nitrogens with zero attached hydrogens (tertiary/aromatic N) is 2. The van der Waals surface area contributed by atoms with Gasteiger partial charge >= 0.3 is 0 Å². The lowest BCUT2D eigenvalue weighted by molar-refractivity contribution is 0.0646. The highest BCUT2D eigenvalue weighted by molar-refractivity contribution is 5.93. The maximum atomic E-state index is 12.6. The Hall–Kier alpha value is -2.14. The molecule has 1 atom stereocenters. The topological polar surface area (TPSA) is 66.6 Å². The summed E-state index contributed by atoms with van der Waals surface area (Å²) >= 11 is 0. The number of carbonyl (C=O) groups is 1. The molecule has 1 aliphatic rings. The van der Waals surface area contributed by atoms with E-state index in [2.05, 4.69) is 4.98 Å². The third-order valence-electron chi connectivity index (χ3n) is 3.86. The molecule has 1 aromatic heterocycles. The van der Waals surface area contributed by atoms with Gasteiger partial charge in [0.1, 0.15) is 0 Å². The predicted octanol–water partition coefficient (Wildman–Crippen LogP) is 2.25. The molecule has 5 heteroatoms. The molecule has 110 valence electrons. The first-order valence-corrected chi connectivity index (χ1v) is 7.15. The minimum atomic E-state index is -0.182. The molecular weight excluding hydrogens is 268 g/mol. The molecule has 1 amide bonds. The Kier molecular flexibility index (Phi) is 3.75. The van der Waals surface area contributed by atoms with Crippen molar-refractivity contribution in [3.8, 4) is 11.5 Å². The van der Waals surface area contributed by atoms with Gasteiger partial charge in [-0.2, -0.15) is 0 Å². The van der Waals surface area contributed by atoms with Crippen LogP contribution in [0.5, 0.6) is 0 Å². The van der Waals surface area contributed by atoms with Gasteiger partial charge in [0, 0.05) is 12.1 Å². The first kappa shape index (κ1) is 13.8. The Morgan fingerprint density at radius 3 is 2.90 bits per heavy atom. The first-order chi connectivity index (χ1) is 10.2. The monoisotopic (exact) mass is 286 g/mol. The first-order valence-electron chi connectivity index (χ1n) is 7.15. The standard InChI is InChI=1S/C16H18N2O3/c1-11-14(16(20)18-9-5-8-13(18)10-19)21-15(17-11)12-6-3-2-4-7-12/h2-4,6-7,13,19H,5,8-10H2,1H3/t13-/m0/s1. The van der Waals surface area contributed by atoms with Crippen LogP contribution in [0.4, 0.5) is 0 Å². The van der Waals surface area contributed by atoms with Crippen LogP contribution in [0.3, 0.4) is 0 Å². The normalized spacial score (nSPS) is 18.2. The average molecular weight is 286 g/mol. The Morgan fingerprint density at radius 2 is 2.19 bits per heavy atom. The average Bonchev–Trinajstić information content (AvgIpc) is 3.13. The number of aliphatic hydroxyl groups is 1. The van der Waals surface area contributed by atoms with Gasteiger partial charge in [-0.05, 0) is 31.9 Å². The van der Waals surface area contributed by atoms with Crippen LogP contribution in [0.25, 0.3) is 11.5 Å². The van der Waals surface area contributed by atoms with E-state index in [1.54, 1.807) is 11.8 Å². The highest BCUT2D eigenvalue weighted by atomic mass is 16.4. The number of carbonyl (C=O) groups excluding carboxylic acids is 1. The molecular formula is C16H18N2O3. The Labute approximate surface area is 123 Å². The molecule has 1 fully saturated rings. The van der Waals surface area contributed by atoms with E-state index >= 15 is 0 Å². The SMILES string of the molecule is Cc1nc(-c2ccccc2)oc1C(=O)N1CCC[C@H]1CO. The van der Waals surface area contributed by atoms with E-state index < -0.39 is 0 Å². The van der Waals surface area contributed by atoms with Crippen LogP contribution >= 0.6 is 0 Å². The lowest BCUT2D eigenvalue weighted by atomic mass is 10.2. The number of aromatic nitrogens is 1. The molecule has 0 unspecified atom stereocenters. The van der Waals surface area contributed by atoms with Gasteiger partial charge in [0.05, 0.1) is 18.3 Å². The van der Waals surface area contributed by atoms with E-state index in [4.69, 9.17) is 4.42 Å². The second kappa shape index (κ2) is 5.69. The molecule has 21 heavy (non-hydrogen) atoms. The maximum Gasteiger partial charge on any atom is 0.291 e. The summed E-state index contributed by atoms with van der Waals surface area (Å²) in [4.78, 5) is 18.6. The molecule has 3 rings (SSSR count). The number of rotatable bonds is 3. The van der Waals surface area contributed by atoms with Gasteiger partial charge < -0.3 is 14.4 Å². The van der Waals surface area contributed by atoms with Crippen LogP contribution in [0.15, 0.2) is 34.7 Å². The minimum Gasteiger partial charge on any atom is -0.431 e. The van der Waals surface area contributed by atoms with Crippen molar-refractivity contribution in [2.45, 2.75) is 25.8 Å². The summed E-state index contributed by atoms with van der Waals surface area (Å²) in [7, 11) is 0. The van der Waals surface area contributed by atoms with Crippen molar-refractivity contribution in [1.29, 1.82) is 0 Å². The lowest BCUT2D eigenvalue weighted by Gasteiger charge is -2.21. The number of benzene rings is 1. The van der Waals surface area contributed by atoms with Gasteiger partial charge in [-0.25, -0.2) is 4.98 Å². The maximum absolute atomic E-state index is 12.6. The van der Waals surface area contributed by atoms with Crippen molar-refractivity contribution in [2.75, 3.05) is 13.2 Å². The fraction of sp³-hybridized carbons (Fsp3) is 0.375. The largest absolute Gasteiger partial charge is 0.431 e. The van der Waals surface area contributed by atoms with Crippen molar-refractivity contribution < 1.29 is 14.3 Å². The quantitative estimate of drug-likeness (QED) is 0.939. The number of hydrogen-bond donors (Lipinski definition) is 1. The van der Waals surface area contributed by atoms with Gasteiger partial charge in [-0.3, -0.25) is 4.79 Å². The molecule has 1 aromatic carbocycles. The van der Waals surface area contributed by atoms with Crippen molar-refractivity contribution in [1.82, 2.24) is 9.88 Å². The zero-order chi connectivity index (χ0) is 14.8. The minimum absolute atomic E-state index is 0.00946. The van der Waals surface area contributed by atoms with E-state index in [1.807, 2.05) is 30.3 Å². The number of amides is 1. The van der Waals surface area contributed by atoms with Crippen LogP contribution in [-0.2, 0) is 0 Å². The lowest BCUT2D eigenvalue weighted by Crippen LogP contribution is -2.37. The second-order valence-corrected chi connectivity index (χ2v) is 5.28. The summed E-state index contributed by atoms with van der Waals surface area (Å²) in [5, 5.41) is 9.34. The van der Waals surface area contributed by atoms with Crippen molar-refractivity contribution in [2.24, 2.45) is 0 Å². The highest BCUT2D eigenvalue weighted by Crippen LogP contribution is 2.25. The third kappa shape index (κ3) is 2.56. The summed E-state index contributed by atoms with van der Waals surface area (Å²) < 4.78 is 5.68. The van der Waals surface area contributed by atoms with E-state index in [0.717, 1.165) is 18.4 Å². The van der Waals surface area contributed by atoms with Gasteiger partial charge in [0.25, 0.3) is 5.91 Å². The molecule has 0 spiro atoms. The van der Waals surface area contributed by atoms with Crippen LogP contribution in [0.1, 0.15) is 29.1 Å². The summed E-state index contributed by atoms with van der Waals surface area (Å²) in [6, 6.07) is 9.40. The second-order valence-electron chi connectivity index (χ2n) is 5.28. The third-order valence-corrected chi connectivity index (χ3v) is 3.86. The summed E-state index contributed by atoms with van der Waals surface area (Å²) in [5.74, 6) is 0.545. The Bertz CT molecular complexity index is 636. The number of oxazole rings is 1. The molecule has 0 bridgehead atoms. The molecule has 0 radical (unpaired) electrons. The summed E-state index contributed by atoms with van der Waals surface area (Å²) in [6.07, 6.45) is 1.75.